The summed E-state index contributed by atoms with van der Waals surface area (Å²) >= 11 is 0. The molecule has 10 nitrogen and oxygen atoms in total. The average molecular weight is 519 g/mol. The maximum atomic E-state index is 12.0. The molecule has 0 aliphatic carbocycles. The van der Waals surface area contributed by atoms with Gasteiger partial charge in [-0.15, -0.1) is 0 Å². The van der Waals surface area contributed by atoms with Gasteiger partial charge in [0.05, 0.1) is 24.6 Å². The molecule has 2 fully saturated rings. The largest absolute Gasteiger partial charge is 0.488 e. The summed E-state index contributed by atoms with van der Waals surface area (Å²) in [6.07, 6.45) is 2.08. The van der Waals surface area contributed by atoms with Gasteiger partial charge in [-0.1, -0.05) is 0 Å². The van der Waals surface area contributed by atoms with Gasteiger partial charge in [0.2, 0.25) is 5.95 Å². The molecule has 5 rings (SSSR count). The minimum atomic E-state index is -0.978. The molecule has 0 radical (unpaired) electrons. The second-order valence-electron chi connectivity index (χ2n) is 9.61. The fourth-order valence-corrected chi connectivity index (χ4v) is 4.74. The molecule has 2 aromatic carbocycles. The van der Waals surface area contributed by atoms with Gasteiger partial charge in [-0.2, -0.15) is 0 Å². The number of anilines is 4. The van der Waals surface area contributed by atoms with Crippen molar-refractivity contribution in [2.24, 2.45) is 0 Å². The molecule has 0 spiro atoms. The number of piperidine rings is 1. The van der Waals surface area contributed by atoms with Crippen LogP contribution in [0.3, 0.4) is 0 Å². The molecule has 2 saturated heterocycles. The number of morpholine rings is 1. The van der Waals surface area contributed by atoms with Crippen LogP contribution in [0.1, 0.15) is 19.8 Å². The fourth-order valence-electron chi connectivity index (χ4n) is 4.74. The first kappa shape index (κ1) is 25.7. The van der Waals surface area contributed by atoms with E-state index in [9.17, 15) is 9.90 Å². The van der Waals surface area contributed by atoms with Gasteiger partial charge in [-0.25, -0.2) is 9.97 Å². The Hall–Kier alpha value is -3.89. The van der Waals surface area contributed by atoms with Gasteiger partial charge >= 0.3 is 0 Å². The maximum absolute atomic E-state index is 12.0. The lowest BCUT2D eigenvalue weighted by Crippen LogP contribution is -2.45. The topological polar surface area (TPSA) is 126 Å². The molecule has 10 heteroatoms. The first-order chi connectivity index (χ1) is 18.5. The van der Waals surface area contributed by atoms with E-state index in [0.29, 0.717) is 43.3 Å². The van der Waals surface area contributed by atoms with Crippen molar-refractivity contribution >= 4 is 28.9 Å². The van der Waals surface area contributed by atoms with Crippen molar-refractivity contribution in [1.29, 1.82) is 0 Å². The van der Waals surface area contributed by atoms with Crippen LogP contribution in [0.5, 0.6) is 5.75 Å². The van der Waals surface area contributed by atoms with Crippen molar-refractivity contribution in [1.82, 2.24) is 14.9 Å². The van der Waals surface area contributed by atoms with E-state index in [-0.39, 0.29) is 12.0 Å². The monoisotopic (exact) mass is 518 g/mol. The fraction of sp³-hybridized carbons (Fsp3) is 0.393. The number of nitrogens with two attached hydrogens (primary N) is 1. The van der Waals surface area contributed by atoms with Crippen LogP contribution in [-0.2, 0) is 9.53 Å². The van der Waals surface area contributed by atoms with E-state index in [2.05, 4.69) is 32.3 Å². The second-order valence-corrected chi connectivity index (χ2v) is 9.61. The Morgan fingerprint density at radius 2 is 1.84 bits per heavy atom. The Kier molecular flexibility index (Phi) is 7.90. The number of benzene rings is 2. The number of rotatable bonds is 7. The Balaban J connectivity index is 1.20. The molecule has 1 atom stereocenters. The van der Waals surface area contributed by atoms with Crippen molar-refractivity contribution in [3.05, 3.63) is 54.7 Å². The molecule has 0 bridgehead atoms. The second kappa shape index (κ2) is 11.7. The molecule has 200 valence electrons. The number of aromatic nitrogens is 2. The number of carbonyl (C=O) groups excluding carboxylic acids is 1. The number of hydrogen-bond acceptors (Lipinski definition) is 9. The number of aliphatic hydroxyl groups excluding tert-OH is 1. The highest BCUT2D eigenvalue weighted by atomic mass is 16.5. The zero-order chi connectivity index (χ0) is 26.5. The normalized spacial score (nSPS) is 17.2. The van der Waals surface area contributed by atoms with Crippen LogP contribution in [-0.4, -0.2) is 77.5 Å². The van der Waals surface area contributed by atoms with Crippen molar-refractivity contribution < 1.29 is 19.4 Å². The number of carbonyl (C=O) groups is 1. The molecular formula is C28H34N6O4. The maximum Gasteiger partial charge on any atom is 0.251 e. The van der Waals surface area contributed by atoms with Crippen LogP contribution < -0.4 is 20.7 Å². The van der Waals surface area contributed by atoms with Crippen LogP contribution in [0.4, 0.5) is 23.0 Å². The van der Waals surface area contributed by atoms with Crippen LogP contribution in [0.25, 0.3) is 11.3 Å². The van der Waals surface area contributed by atoms with Crippen molar-refractivity contribution in [3.8, 4) is 17.0 Å². The molecule has 2 aliphatic heterocycles. The SMILES string of the molecule is C[C@@H](O)C(=O)N1CCC(Oc2ccc(-c3ccnc(Nc4ccc(N5CCOCC5)cc4)n3)cc2N)CC1. The van der Waals surface area contributed by atoms with Crippen molar-refractivity contribution in [2.45, 2.75) is 32.0 Å². The molecule has 2 aliphatic rings. The van der Waals surface area contributed by atoms with E-state index in [0.717, 1.165) is 43.2 Å². The highest BCUT2D eigenvalue weighted by Crippen LogP contribution is 2.30. The highest BCUT2D eigenvalue weighted by Gasteiger charge is 2.26. The Morgan fingerprint density at radius 1 is 1.11 bits per heavy atom. The highest BCUT2D eigenvalue weighted by molar-refractivity contribution is 5.80. The van der Waals surface area contributed by atoms with Crippen LogP contribution in [0.15, 0.2) is 54.7 Å². The lowest BCUT2D eigenvalue weighted by molar-refractivity contribution is -0.141. The van der Waals surface area contributed by atoms with E-state index >= 15 is 0 Å². The summed E-state index contributed by atoms with van der Waals surface area (Å²) in [5, 5.41) is 12.8. The summed E-state index contributed by atoms with van der Waals surface area (Å²) in [6.45, 7) is 5.91. The van der Waals surface area contributed by atoms with Crippen molar-refractivity contribution in [3.63, 3.8) is 0 Å². The number of ether oxygens (including phenoxy) is 2. The summed E-state index contributed by atoms with van der Waals surface area (Å²) in [5.74, 6) is 0.872. The lowest BCUT2D eigenvalue weighted by Gasteiger charge is -2.33. The molecule has 3 heterocycles. The number of nitrogens with one attached hydrogen (secondary N) is 1. The molecule has 0 unspecified atom stereocenters. The van der Waals surface area contributed by atoms with Gasteiger partial charge in [-0.3, -0.25) is 4.79 Å². The first-order valence-corrected chi connectivity index (χ1v) is 13.0. The Morgan fingerprint density at radius 3 is 2.53 bits per heavy atom. The predicted molar refractivity (Wildman–Crippen MR) is 147 cm³/mol. The van der Waals surface area contributed by atoms with Gasteiger partial charge in [0.1, 0.15) is 18.0 Å². The zero-order valence-corrected chi connectivity index (χ0v) is 21.5. The lowest BCUT2D eigenvalue weighted by atomic mass is 10.1. The minimum absolute atomic E-state index is 0.0364. The number of likely N-dealkylation sites (tertiary alicyclic amines) is 1. The molecule has 1 amide bonds. The molecule has 0 saturated carbocycles. The van der Waals surface area contributed by atoms with Gasteiger partial charge in [0.25, 0.3) is 5.91 Å². The first-order valence-electron chi connectivity index (χ1n) is 13.0. The van der Waals surface area contributed by atoms with Crippen molar-refractivity contribution in [2.75, 3.05) is 55.3 Å². The van der Waals surface area contributed by atoms with E-state index in [1.165, 1.54) is 12.6 Å². The van der Waals surface area contributed by atoms with Gasteiger partial charge in [0.15, 0.2) is 0 Å². The number of nitrogen functional groups attached to an aromatic ring is 1. The van der Waals surface area contributed by atoms with E-state index in [1.807, 2.05) is 36.4 Å². The van der Waals surface area contributed by atoms with E-state index in [1.54, 1.807) is 11.1 Å². The molecule has 4 N–H and O–H groups in total. The summed E-state index contributed by atoms with van der Waals surface area (Å²) in [5.41, 5.74) is 10.5. The van der Waals surface area contributed by atoms with Crippen LogP contribution >= 0.6 is 0 Å². The summed E-state index contributed by atoms with van der Waals surface area (Å²) < 4.78 is 11.6. The number of amides is 1. The number of nitrogens with zero attached hydrogens (tertiary/aromatic N) is 4. The third kappa shape index (κ3) is 6.15. The molecule has 3 aromatic rings. The summed E-state index contributed by atoms with van der Waals surface area (Å²) in [6, 6.07) is 15.7. The minimum Gasteiger partial charge on any atom is -0.488 e. The molecule has 38 heavy (non-hydrogen) atoms. The third-order valence-corrected chi connectivity index (χ3v) is 6.87. The number of hydrogen-bond donors (Lipinski definition) is 3. The smallest absolute Gasteiger partial charge is 0.251 e. The summed E-state index contributed by atoms with van der Waals surface area (Å²) in [4.78, 5) is 25.0. The van der Waals surface area contributed by atoms with Gasteiger partial charge < -0.3 is 35.4 Å². The standard InChI is InChI=1S/C28H34N6O4/c1-19(35)27(36)34-12-9-23(10-13-34)38-26-7-2-20(18-24(26)29)25-8-11-30-28(32-25)31-21-3-5-22(6-4-21)33-14-16-37-17-15-33/h2-8,11,18-19,23,35H,9-10,12-17,29H2,1H3,(H,30,31,32)/t19-/m1/s1. The quantitative estimate of drug-likeness (QED) is 0.405. The average Bonchev–Trinajstić information content (AvgIpc) is 2.95. The van der Waals surface area contributed by atoms with Gasteiger partial charge in [-0.05, 0) is 55.5 Å². The van der Waals surface area contributed by atoms with E-state index < -0.39 is 6.10 Å². The Labute approximate surface area is 222 Å². The third-order valence-electron chi connectivity index (χ3n) is 6.87. The molecular weight excluding hydrogens is 484 g/mol. The summed E-state index contributed by atoms with van der Waals surface area (Å²) in [7, 11) is 0. The van der Waals surface area contributed by atoms with E-state index in [4.69, 9.17) is 15.2 Å². The van der Waals surface area contributed by atoms with Crippen LogP contribution in [0.2, 0.25) is 0 Å². The van der Waals surface area contributed by atoms with Gasteiger partial charge in [0, 0.05) is 62.2 Å². The Bertz CT molecular complexity index is 1240. The zero-order valence-electron chi connectivity index (χ0n) is 21.5. The molecule has 1 aromatic heterocycles. The number of aliphatic hydroxyl groups is 1. The van der Waals surface area contributed by atoms with Crippen LogP contribution in [0, 0.1) is 0 Å². The predicted octanol–water partition coefficient (Wildman–Crippen LogP) is 3.06.